The second-order valence-electron chi connectivity index (χ2n) is 7.41. The average Bonchev–Trinajstić information content (AvgIpc) is 3.18. The molecule has 0 aliphatic rings. The lowest BCUT2D eigenvalue weighted by Crippen LogP contribution is -2.20. The fourth-order valence-electron chi connectivity index (χ4n) is 3.46. The normalized spacial score (nSPS) is 11.8. The molecule has 0 unspecified atom stereocenters. The number of para-hydroxylation sites is 1. The van der Waals surface area contributed by atoms with Crippen LogP contribution in [0.4, 0.5) is 13.2 Å². The molecule has 0 saturated carbocycles. The number of nitrogens with two attached hydrogens (primary N) is 1. The van der Waals surface area contributed by atoms with Crippen molar-refractivity contribution in [3.05, 3.63) is 76.8 Å². The van der Waals surface area contributed by atoms with E-state index in [-0.39, 0.29) is 17.0 Å². The molecule has 0 radical (unpaired) electrons. The van der Waals surface area contributed by atoms with Crippen LogP contribution in [0.5, 0.6) is 5.75 Å². The van der Waals surface area contributed by atoms with Gasteiger partial charge >= 0.3 is 12.1 Å². The molecular formula is C23H22F3N5O2. The number of hydrogen-bond donors (Lipinski definition) is 3. The van der Waals surface area contributed by atoms with E-state index in [0.717, 1.165) is 18.5 Å². The van der Waals surface area contributed by atoms with E-state index < -0.39 is 12.1 Å². The molecule has 0 bridgehead atoms. The lowest BCUT2D eigenvalue weighted by molar-refractivity contribution is -0.274. The average molecular weight is 457 g/mol. The van der Waals surface area contributed by atoms with Crippen molar-refractivity contribution in [2.24, 2.45) is 5.73 Å². The third kappa shape index (κ3) is 5.41. The third-order valence-electron chi connectivity index (χ3n) is 5.01. The first-order chi connectivity index (χ1) is 15.8. The molecule has 0 amide bonds. The molecule has 0 atom stereocenters. The molecule has 2 aromatic carbocycles. The quantitative estimate of drug-likeness (QED) is 0.351. The Morgan fingerprint density at radius 1 is 1.12 bits per heavy atom. The minimum Gasteiger partial charge on any atom is -0.405 e. The number of ether oxygens (including phenoxy) is 1. The smallest absolute Gasteiger partial charge is 0.405 e. The van der Waals surface area contributed by atoms with Crippen molar-refractivity contribution < 1.29 is 17.9 Å². The predicted molar refractivity (Wildman–Crippen MR) is 119 cm³/mol. The number of rotatable bonds is 8. The van der Waals surface area contributed by atoms with Gasteiger partial charge in [0.1, 0.15) is 11.4 Å². The summed E-state index contributed by atoms with van der Waals surface area (Å²) in [6, 6.07) is 14.9. The first-order valence-electron chi connectivity index (χ1n) is 10.3. The summed E-state index contributed by atoms with van der Waals surface area (Å²) in [6.45, 7) is 2.14. The number of benzene rings is 2. The number of H-pyrrole nitrogens is 1. The van der Waals surface area contributed by atoms with Crippen LogP contribution < -0.4 is 21.5 Å². The van der Waals surface area contributed by atoms with Crippen LogP contribution in [0, 0.1) is 0 Å². The molecular weight excluding hydrogens is 435 g/mol. The van der Waals surface area contributed by atoms with Gasteiger partial charge < -0.3 is 20.8 Å². The molecule has 0 aliphatic heterocycles. The van der Waals surface area contributed by atoms with Gasteiger partial charge in [0.25, 0.3) is 0 Å². The maximum atomic E-state index is 12.8. The van der Waals surface area contributed by atoms with E-state index in [9.17, 15) is 18.0 Å². The molecule has 10 heteroatoms. The van der Waals surface area contributed by atoms with Gasteiger partial charge in [-0.05, 0) is 55.4 Å². The number of aromatic amines is 1. The standard InChI is InChI=1S/C23H22F3N5O2/c24-23(25,26)33-20-5-2-1-4-18(20)19-12-16-14-31(22(32)30-21(16)29-19)17-8-6-15(7-9-17)13-28-11-3-10-27/h1-2,4-9,12,14,28H,3,10-11,13,27H2,(H,29,30,32). The van der Waals surface area contributed by atoms with Crippen molar-refractivity contribution in [2.75, 3.05) is 13.1 Å². The summed E-state index contributed by atoms with van der Waals surface area (Å²) >= 11 is 0. The van der Waals surface area contributed by atoms with E-state index in [1.54, 1.807) is 18.3 Å². The van der Waals surface area contributed by atoms with Gasteiger partial charge in [-0.1, -0.05) is 24.3 Å². The van der Waals surface area contributed by atoms with Gasteiger partial charge in [-0.2, -0.15) is 4.98 Å². The highest BCUT2D eigenvalue weighted by Gasteiger charge is 2.32. The Morgan fingerprint density at radius 3 is 2.61 bits per heavy atom. The predicted octanol–water partition coefficient (Wildman–Crippen LogP) is 3.72. The van der Waals surface area contributed by atoms with Crippen molar-refractivity contribution >= 4 is 11.0 Å². The van der Waals surface area contributed by atoms with Crippen molar-refractivity contribution in [3.63, 3.8) is 0 Å². The fourth-order valence-corrected chi connectivity index (χ4v) is 3.46. The molecule has 0 fully saturated rings. The zero-order chi connectivity index (χ0) is 23.4. The summed E-state index contributed by atoms with van der Waals surface area (Å²) in [5.74, 6) is -0.345. The summed E-state index contributed by atoms with van der Waals surface area (Å²) in [5.41, 5.74) is 7.49. The lowest BCUT2D eigenvalue weighted by atomic mass is 10.1. The van der Waals surface area contributed by atoms with E-state index in [2.05, 4.69) is 20.0 Å². The van der Waals surface area contributed by atoms with E-state index in [4.69, 9.17) is 5.73 Å². The Balaban J connectivity index is 1.63. The first kappa shape index (κ1) is 22.6. The van der Waals surface area contributed by atoms with E-state index in [1.165, 1.54) is 22.8 Å². The maximum absolute atomic E-state index is 12.8. The first-order valence-corrected chi connectivity index (χ1v) is 10.3. The molecule has 0 aliphatic carbocycles. The number of hydrogen-bond acceptors (Lipinski definition) is 5. The highest BCUT2D eigenvalue weighted by molar-refractivity contribution is 5.84. The van der Waals surface area contributed by atoms with Crippen molar-refractivity contribution in [1.29, 1.82) is 0 Å². The van der Waals surface area contributed by atoms with Crippen LogP contribution in [0.15, 0.2) is 65.6 Å². The molecule has 0 saturated heterocycles. The summed E-state index contributed by atoms with van der Waals surface area (Å²) in [4.78, 5) is 19.6. The molecule has 2 heterocycles. The third-order valence-corrected chi connectivity index (χ3v) is 5.01. The Labute approximate surface area is 187 Å². The number of nitrogens with one attached hydrogen (secondary N) is 2. The zero-order valence-corrected chi connectivity index (χ0v) is 17.5. The van der Waals surface area contributed by atoms with E-state index in [0.29, 0.717) is 29.9 Å². The zero-order valence-electron chi connectivity index (χ0n) is 17.5. The van der Waals surface area contributed by atoms with Crippen molar-refractivity contribution in [2.45, 2.75) is 19.3 Å². The Bertz CT molecular complexity index is 1300. The van der Waals surface area contributed by atoms with Gasteiger partial charge in [-0.15, -0.1) is 13.2 Å². The molecule has 172 valence electrons. The maximum Gasteiger partial charge on any atom is 0.573 e. The molecule has 4 N–H and O–H groups in total. The molecule has 7 nitrogen and oxygen atoms in total. The summed E-state index contributed by atoms with van der Waals surface area (Å²) in [7, 11) is 0. The Kier molecular flexibility index (Phi) is 6.47. The number of nitrogens with zero attached hydrogens (tertiary/aromatic N) is 2. The molecule has 4 aromatic rings. The van der Waals surface area contributed by atoms with Crippen molar-refractivity contribution in [1.82, 2.24) is 19.9 Å². The lowest BCUT2D eigenvalue weighted by Gasteiger charge is -2.12. The fraction of sp³-hybridized carbons (Fsp3) is 0.217. The number of halogens is 3. The largest absolute Gasteiger partial charge is 0.573 e. The summed E-state index contributed by atoms with van der Waals surface area (Å²) < 4.78 is 43.8. The summed E-state index contributed by atoms with van der Waals surface area (Å²) in [6.07, 6.45) is -2.32. The topological polar surface area (TPSA) is 98.0 Å². The van der Waals surface area contributed by atoms with Gasteiger partial charge in [0.15, 0.2) is 0 Å². The van der Waals surface area contributed by atoms with Crippen LogP contribution in [0.3, 0.4) is 0 Å². The number of fused-ring (bicyclic) bond motifs is 1. The van der Waals surface area contributed by atoms with Crippen LogP contribution in [0.2, 0.25) is 0 Å². The van der Waals surface area contributed by atoms with Crippen LogP contribution in [-0.4, -0.2) is 34.0 Å². The minimum absolute atomic E-state index is 0.207. The van der Waals surface area contributed by atoms with Crippen molar-refractivity contribution in [3.8, 4) is 22.7 Å². The van der Waals surface area contributed by atoms with Crippen LogP contribution in [0.25, 0.3) is 28.0 Å². The van der Waals surface area contributed by atoms with Gasteiger partial charge in [-0.3, -0.25) is 4.57 Å². The van der Waals surface area contributed by atoms with Gasteiger partial charge in [0, 0.05) is 23.7 Å². The van der Waals surface area contributed by atoms with Crippen LogP contribution >= 0.6 is 0 Å². The molecule has 33 heavy (non-hydrogen) atoms. The highest BCUT2D eigenvalue weighted by atomic mass is 19.4. The Morgan fingerprint density at radius 2 is 1.88 bits per heavy atom. The summed E-state index contributed by atoms with van der Waals surface area (Å²) in [5, 5.41) is 3.86. The SMILES string of the molecule is NCCCNCc1ccc(-n2cc3cc(-c4ccccc4OC(F)(F)F)[nH]c3nc2=O)cc1. The molecule has 4 rings (SSSR count). The second kappa shape index (κ2) is 9.47. The highest BCUT2D eigenvalue weighted by Crippen LogP contribution is 2.34. The Hall–Kier alpha value is -3.63. The van der Waals surface area contributed by atoms with Gasteiger partial charge in [0.05, 0.1) is 11.4 Å². The molecule has 2 aromatic heterocycles. The minimum atomic E-state index is -4.82. The van der Waals surface area contributed by atoms with E-state index >= 15 is 0 Å². The van der Waals surface area contributed by atoms with Crippen LogP contribution in [0.1, 0.15) is 12.0 Å². The van der Waals surface area contributed by atoms with Gasteiger partial charge in [-0.25, -0.2) is 4.79 Å². The van der Waals surface area contributed by atoms with Gasteiger partial charge in [0.2, 0.25) is 0 Å². The number of alkyl halides is 3. The second-order valence-corrected chi connectivity index (χ2v) is 7.41. The van der Waals surface area contributed by atoms with Crippen LogP contribution in [-0.2, 0) is 6.54 Å². The van der Waals surface area contributed by atoms with E-state index in [1.807, 2.05) is 24.3 Å². The molecule has 0 spiro atoms. The number of aromatic nitrogens is 3. The monoisotopic (exact) mass is 457 g/mol.